The van der Waals surface area contributed by atoms with Crippen LogP contribution in [0.15, 0.2) is 71.6 Å². The molecule has 0 unspecified atom stereocenters. The van der Waals surface area contributed by atoms with Gasteiger partial charge in [0.05, 0.1) is 17.7 Å². The molecule has 2 amide bonds. The number of rotatable bonds is 8. The van der Waals surface area contributed by atoms with Crippen LogP contribution >= 0.6 is 0 Å². The molecule has 0 aliphatic heterocycles. The summed E-state index contributed by atoms with van der Waals surface area (Å²) < 4.78 is 33.1. The van der Waals surface area contributed by atoms with Gasteiger partial charge in [0, 0.05) is 11.3 Å². The Kier molecular flexibility index (Phi) is 7.03. The summed E-state index contributed by atoms with van der Waals surface area (Å²) in [6.07, 6.45) is 0. The zero-order chi connectivity index (χ0) is 24.2. The number of nitrogens with two attached hydrogens (primary N) is 1. The Morgan fingerprint density at radius 2 is 1.61 bits per heavy atom. The highest BCUT2D eigenvalue weighted by Gasteiger charge is 2.27. The van der Waals surface area contributed by atoms with Crippen molar-refractivity contribution >= 4 is 33.2 Å². The number of nitrogens with one attached hydrogen (secondary N) is 1. The third-order valence-corrected chi connectivity index (χ3v) is 6.92. The zero-order valence-electron chi connectivity index (χ0n) is 18.5. The number of sulfonamides is 1. The molecule has 3 N–H and O–H groups in total. The first-order valence-corrected chi connectivity index (χ1v) is 11.5. The van der Waals surface area contributed by atoms with Crippen LogP contribution in [0, 0.1) is 13.8 Å². The lowest BCUT2D eigenvalue weighted by Gasteiger charge is -2.24. The quantitative estimate of drug-likeness (QED) is 0.527. The lowest BCUT2D eigenvalue weighted by Crippen LogP contribution is -2.38. The number of methoxy groups -OCH3 is 1. The molecule has 3 aromatic carbocycles. The maximum absolute atomic E-state index is 13.5. The molecule has 0 aliphatic rings. The summed E-state index contributed by atoms with van der Waals surface area (Å²) in [5, 5.41) is 2.69. The van der Waals surface area contributed by atoms with Gasteiger partial charge in [-0.05, 0) is 67.9 Å². The van der Waals surface area contributed by atoms with Crippen LogP contribution in [0.2, 0.25) is 0 Å². The van der Waals surface area contributed by atoms with Crippen molar-refractivity contribution in [1.29, 1.82) is 0 Å². The van der Waals surface area contributed by atoms with E-state index < -0.39 is 28.4 Å². The lowest BCUT2D eigenvalue weighted by molar-refractivity contribution is -0.114. The Morgan fingerprint density at radius 3 is 2.18 bits per heavy atom. The van der Waals surface area contributed by atoms with E-state index in [9.17, 15) is 18.0 Å². The normalized spacial score (nSPS) is 11.0. The summed E-state index contributed by atoms with van der Waals surface area (Å²) >= 11 is 0. The van der Waals surface area contributed by atoms with Crippen LogP contribution in [0.1, 0.15) is 21.5 Å². The number of aryl methyl sites for hydroxylation is 1. The second-order valence-electron chi connectivity index (χ2n) is 7.41. The summed E-state index contributed by atoms with van der Waals surface area (Å²) in [7, 11) is -2.58. The Bertz CT molecular complexity index is 1270. The maximum Gasteiger partial charge on any atom is 0.264 e. The van der Waals surface area contributed by atoms with Crippen LogP contribution in [-0.2, 0) is 14.8 Å². The third-order valence-electron chi connectivity index (χ3n) is 5.13. The van der Waals surface area contributed by atoms with Gasteiger partial charge in [-0.15, -0.1) is 0 Å². The number of carbonyl (C=O) groups is 2. The van der Waals surface area contributed by atoms with Gasteiger partial charge >= 0.3 is 0 Å². The second kappa shape index (κ2) is 9.74. The minimum absolute atomic E-state index is 0.0172. The van der Waals surface area contributed by atoms with Gasteiger partial charge in [0.15, 0.2) is 0 Å². The average molecular weight is 468 g/mol. The number of primary amides is 1. The molecular formula is C24H25N3O5S. The van der Waals surface area contributed by atoms with E-state index in [1.807, 2.05) is 6.92 Å². The largest absolute Gasteiger partial charge is 0.497 e. The fraction of sp³-hybridized carbons (Fsp3) is 0.167. The number of carbonyl (C=O) groups excluding carboxylic acids is 2. The third kappa shape index (κ3) is 5.32. The van der Waals surface area contributed by atoms with Gasteiger partial charge in [0.25, 0.3) is 10.0 Å². The smallest absolute Gasteiger partial charge is 0.264 e. The Hall–Kier alpha value is -3.85. The molecule has 172 valence electrons. The molecule has 0 aliphatic carbocycles. The molecule has 3 rings (SSSR count). The summed E-state index contributed by atoms with van der Waals surface area (Å²) in [6, 6.07) is 17.5. The Balaban J connectivity index is 1.95. The highest BCUT2D eigenvalue weighted by Crippen LogP contribution is 2.26. The molecule has 0 saturated carbocycles. The highest BCUT2D eigenvalue weighted by atomic mass is 32.2. The van der Waals surface area contributed by atoms with Crippen molar-refractivity contribution in [3.63, 3.8) is 0 Å². The van der Waals surface area contributed by atoms with E-state index in [0.717, 1.165) is 9.87 Å². The molecule has 33 heavy (non-hydrogen) atoms. The van der Waals surface area contributed by atoms with Crippen LogP contribution in [0.3, 0.4) is 0 Å². The van der Waals surface area contributed by atoms with Crippen molar-refractivity contribution in [3.8, 4) is 5.75 Å². The minimum atomic E-state index is -4.07. The number of benzene rings is 3. The molecule has 0 radical (unpaired) electrons. The van der Waals surface area contributed by atoms with Gasteiger partial charge in [-0.3, -0.25) is 13.9 Å². The van der Waals surface area contributed by atoms with Crippen LogP contribution in [0.5, 0.6) is 5.75 Å². The zero-order valence-corrected chi connectivity index (χ0v) is 19.3. The molecule has 9 heteroatoms. The van der Waals surface area contributed by atoms with Crippen molar-refractivity contribution in [2.24, 2.45) is 5.73 Å². The summed E-state index contributed by atoms with van der Waals surface area (Å²) in [4.78, 5) is 24.5. The predicted molar refractivity (Wildman–Crippen MR) is 127 cm³/mol. The molecule has 0 atom stereocenters. The molecule has 0 heterocycles. The molecule has 0 bridgehead atoms. The molecule has 0 spiro atoms. The van der Waals surface area contributed by atoms with Crippen LogP contribution < -0.4 is 20.1 Å². The van der Waals surface area contributed by atoms with Gasteiger partial charge in [-0.2, -0.15) is 0 Å². The topological polar surface area (TPSA) is 119 Å². The van der Waals surface area contributed by atoms with Gasteiger partial charge in [-0.25, -0.2) is 8.42 Å². The number of amides is 2. The fourth-order valence-corrected chi connectivity index (χ4v) is 4.68. The maximum atomic E-state index is 13.5. The SMILES string of the molecule is COc1ccc(S(=O)(=O)N(CC(=O)Nc2cccc(C(N)=O)c2C)c2ccc(C)cc2)cc1. The van der Waals surface area contributed by atoms with E-state index in [1.54, 1.807) is 61.5 Å². The Labute approximate surface area is 193 Å². The minimum Gasteiger partial charge on any atom is -0.497 e. The number of nitrogens with zero attached hydrogens (tertiary/aromatic N) is 1. The number of hydrogen-bond acceptors (Lipinski definition) is 5. The summed E-state index contributed by atoms with van der Waals surface area (Å²) in [6.45, 7) is 3.06. The van der Waals surface area contributed by atoms with Crippen molar-refractivity contribution in [3.05, 3.63) is 83.4 Å². The van der Waals surface area contributed by atoms with Gasteiger partial charge in [0.1, 0.15) is 12.3 Å². The molecule has 3 aromatic rings. The molecule has 0 aromatic heterocycles. The number of ether oxygens (including phenoxy) is 1. The standard InChI is InChI=1S/C24H25N3O5S/c1-16-7-9-18(10-8-16)27(33(30,31)20-13-11-19(32-3)12-14-20)15-23(28)26-22-6-4-5-21(17(22)2)24(25)29/h4-14H,15H2,1-3H3,(H2,25,29)(H,26,28). The molecule has 8 nitrogen and oxygen atoms in total. The monoisotopic (exact) mass is 467 g/mol. The van der Waals surface area contributed by atoms with Crippen molar-refractivity contribution < 1.29 is 22.7 Å². The van der Waals surface area contributed by atoms with E-state index >= 15 is 0 Å². The number of anilines is 2. The molecule has 0 saturated heterocycles. The van der Waals surface area contributed by atoms with Crippen LogP contribution in [0.25, 0.3) is 0 Å². The highest BCUT2D eigenvalue weighted by molar-refractivity contribution is 7.92. The van der Waals surface area contributed by atoms with E-state index in [1.165, 1.54) is 19.2 Å². The van der Waals surface area contributed by atoms with E-state index in [0.29, 0.717) is 22.7 Å². The lowest BCUT2D eigenvalue weighted by atomic mass is 10.1. The Morgan fingerprint density at radius 1 is 0.970 bits per heavy atom. The molecule has 0 fully saturated rings. The molecular weight excluding hydrogens is 442 g/mol. The van der Waals surface area contributed by atoms with E-state index in [2.05, 4.69) is 5.32 Å². The van der Waals surface area contributed by atoms with Crippen LogP contribution in [-0.4, -0.2) is 33.9 Å². The average Bonchev–Trinajstić information content (AvgIpc) is 2.79. The van der Waals surface area contributed by atoms with Gasteiger partial charge in [0.2, 0.25) is 11.8 Å². The summed E-state index contributed by atoms with van der Waals surface area (Å²) in [5.74, 6) is -0.678. The fourth-order valence-electron chi connectivity index (χ4n) is 3.26. The van der Waals surface area contributed by atoms with Crippen molar-refractivity contribution in [2.45, 2.75) is 18.7 Å². The summed E-state index contributed by atoms with van der Waals surface area (Å²) in [5.41, 5.74) is 7.81. The first kappa shape index (κ1) is 23.8. The number of hydrogen-bond donors (Lipinski definition) is 2. The van der Waals surface area contributed by atoms with E-state index in [-0.39, 0.29) is 10.5 Å². The van der Waals surface area contributed by atoms with Crippen molar-refractivity contribution in [1.82, 2.24) is 0 Å². The predicted octanol–water partition coefficient (Wildman–Crippen LogP) is 3.24. The van der Waals surface area contributed by atoms with Gasteiger partial charge in [-0.1, -0.05) is 23.8 Å². The first-order valence-electron chi connectivity index (χ1n) is 10.1. The van der Waals surface area contributed by atoms with Gasteiger partial charge < -0.3 is 15.8 Å². The van der Waals surface area contributed by atoms with Crippen LogP contribution in [0.4, 0.5) is 11.4 Å². The first-order chi connectivity index (χ1) is 15.6. The second-order valence-corrected chi connectivity index (χ2v) is 9.28. The van der Waals surface area contributed by atoms with E-state index in [4.69, 9.17) is 10.5 Å². The van der Waals surface area contributed by atoms with Crippen molar-refractivity contribution in [2.75, 3.05) is 23.3 Å².